The molecule has 0 aliphatic heterocycles. The molecule has 1 amide bonds. The van der Waals surface area contributed by atoms with Crippen molar-refractivity contribution >= 4 is 15.9 Å². The van der Waals surface area contributed by atoms with Gasteiger partial charge in [0.2, 0.25) is 15.9 Å². The number of ether oxygens (including phenoxy) is 3. The second-order valence-electron chi connectivity index (χ2n) is 6.10. The topological polar surface area (TPSA) is 94.2 Å². The number of benzene rings is 2. The van der Waals surface area contributed by atoms with E-state index in [0.717, 1.165) is 9.87 Å². The Labute approximate surface area is 171 Å². The molecule has 8 nitrogen and oxygen atoms in total. The maximum atomic E-state index is 12.8. The molecule has 0 saturated heterocycles. The van der Waals surface area contributed by atoms with Gasteiger partial charge in [-0.2, -0.15) is 4.31 Å². The van der Waals surface area contributed by atoms with Crippen LogP contribution in [0.3, 0.4) is 0 Å². The lowest BCUT2D eigenvalue weighted by Crippen LogP contribution is -2.38. The minimum atomic E-state index is -3.88. The van der Waals surface area contributed by atoms with Gasteiger partial charge in [-0.15, -0.1) is 0 Å². The molecule has 0 atom stereocenters. The lowest BCUT2D eigenvalue weighted by atomic mass is 10.2. The van der Waals surface area contributed by atoms with E-state index in [2.05, 4.69) is 5.32 Å². The van der Waals surface area contributed by atoms with Gasteiger partial charge in [0.05, 0.1) is 32.3 Å². The van der Waals surface area contributed by atoms with Crippen LogP contribution in [-0.4, -0.2) is 53.0 Å². The molecule has 1 N–H and O–H groups in total. The molecule has 2 aromatic rings. The van der Waals surface area contributed by atoms with Crippen molar-refractivity contribution in [2.75, 3.05) is 34.4 Å². The Morgan fingerprint density at radius 3 is 2.38 bits per heavy atom. The van der Waals surface area contributed by atoms with E-state index in [9.17, 15) is 13.2 Å². The minimum Gasteiger partial charge on any atom is -0.494 e. The summed E-state index contributed by atoms with van der Waals surface area (Å²) in [7, 11) is 0.354. The molecule has 9 heteroatoms. The first-order valence-electron chi connectivity index (χ1n) is 8.99. The molecule has 158 valence electrons. The summed E-state index contributed by atoms with van der Waals surface area (Å²) in [5.74, 6) is 0.961. The third-order valence-electron chi connectivity index (χ3n) is 4.18. The molecule has 29 heavy (non-hydrogen) atoms. The van der Waals surface area contributed by atoms with Gasteiger partial charge in [-0.3, -0.25) is 4.79 Å². The van der Waals surface area contributed by atoms with E-state index >= 15 is 0 Å². The fourth-order valence-electron chi connectivity index (χ4n) is 2.64. The van der Waals surface area contributed by atoms with Gasteiger partial charge in [0.15, 0.2) is 11.5 Å². The summed E-state index contributed by atoms with van der Waals surface area (Å²) < 4.78 is 42.3. The number of carbonyl (C=O) groups is 1. The number of hydrogen-bond donors (Lipinski definition) is 1. The van der Waals surface area contributed by atoms with Crippen molar-refractivity contribution in [1.29, 1.82) is 0 Å². The average molecular weight is 423 g/mol. The number of nitrogens with zero attached hydrogens (tertiary/aromatic N) is 1. The number of carbonyl (C=O) groups excluding carboxylic acids is 1. The van der Waals surface area contributed by atoms with Crippen molar-refractivity contribution < 1.29 is 27.4 Å². The molecule has 0 aliphatic carbocycles. The van der Waals surface area contributed by atoms with Crippen LogP contribution < -0.4 is 19.5 Å². The number of sulfonamides is 1. The third kappa shape index (κ3) is 5.61. The Hall–Kier alpha value is -2.78. The highest BCUT2D eigenvalue weighted by Crippen LogP contribution is 2.30. The normalized spacial score (nSPS) is 11.2. The molecule has 0 saturated carbocycles. The Morgan fingerprint density at radius 1 is 1.03 bits per heavy atom. The largest absolute Gasteiger partial charge is 0.494 e. The quantitative estimate of drug-likeness (QED) is 0.630. The molecule has 0 heterocycles. The van der Waals surface area contributed by atoms with Crippen molar-refractivity contribution in [3.05, 3.63) is 48.0 Å². The van der Waals surface area contributed by atoms with E-state index in [1.54, 1.807) is 0 Å². The van der Waals surface area contributed by atoms with Crippen LogP contribution in [0.15, 0.2) is 47.4 Å². The maximum absolute atomic E-state index is 12.8. The van der Waals surface area contributed by atoms with Gasteiger partial charge in [-0.25, -0.2) is 8.42 Å². The summed E-state index contributed by atoms with van der Waals surface area (Å²) in [6.07, 6.45) is 0. The Morgan fingerprint density at radius 2 is 1.72 bits per heavy atom. The zero-order valence-corrected chi connectivity index (χ0v) is 17.8. The molecular formula is C20H26N2O6S. The second kappa shape index (κ2) is 10.1. The number of likely N-dealkylation sites (N-methyl/N-ethyl adjacent to an activating group) is 1. The van der Waals surface area contributed by atoms with Gasteiger partial charge in [-0.1, -0.05) is 18.2 Å². The Balaban J connectivity index is 2.05. The van der Waals surface area contributed by atoms with E-state index in [4.69, 9.17) is 14.2 Å². The van der Waals surface area contributed by atoms with Gasteiger partial charge in [-0.05, 0) is 25.1 Å². The highest BCUT2D eigenvalue weighted by molar-refractivity contribution is 7.89. The van der Waals surface area contributed by atoms with Crippen LogP contribution in [0.4, 0.5) is 0 Å². The van der Waals surface area contributed by atoms with Crippen LogP contribution in [-0.2, 0) is 21.4 Å². The van der Waals surface area contributed by atoms with Gasteiger partial charge in [0.25, 0.3) is 0 Å². The zero-order valence-electron chi connectivity index (χ0n) is 17.0. The summed E-state index contributed by atoms with van der Waals surface area (Å²) >= 11 is 0. The van der Waals surface area contributed by atoms with E-state index in [-0.39, 0.29) is 18.0 Å². The first-order chi connectivity index (χ1) is 13.8. The molecule has 2 aromatic carbocycles. The lowest BCUT2D eigenvalue weighted by molar-refractivity contribution is -0.121. The third-order valence-corrected chi connectivity index (χ3v) is 5.98. The zero-order chi connectivity index (χ0) is 21.4. The van der Waals surface area contributed by atoms with E-state index in [1.807, 2.05) is 31.2 Å². The first kappa shape index (κ1) is 22.5. The average Bonchev–Trinajstić information content (AvgIpc) is 2.72. The number of nitrogens with one attached hydrogen (secondary N) is 1. The van der Waals surface area contributed by atoms with Crippen molar-refractivity contribution in [3.63, 3.8) is 0 Å². The number of amides is 1. The Kier molecular flexibility index (Phi) is 7.86. The van der Waals surface area contributed by atoms with Crippen LogP contribution in [0.25, 0.3) is 0 Å². The summed E-state index contributed by atoms with van der Waals surface area (Å²) in [5.41, 5.74) is 0.813. The Bertz CT molecular complexity index is 946. The molecule has 0 radical (unpaired) electrons. The monoisotopic (exact) mass is 422 g/mol. The fourth-order valence-corrected chi connectivity index (χ4v) is 3.78. The summed E-state index contributed by atoms with van der Waals surface area (Å²) in [6, 6.07) is 11.6. The van der Waals surface area contributed by atoms with Gasteiger partial charge in [0, 0.05) is 25.2 Å². The highest BCUT2D eigenvalue weighted by Gasteiger charge is 2.24. The van der Waals surface area contributed by atoms with E-state index in [1.165, 1.54) is 39.5 Å². The summed E-state index contributed by atoms with van der Waals surface area (Å²) in [5, 5.41) is 2.72. The highest BCUT2D eigenvalue weighted by atomic mass is 32.2. The predicted octanol–water partition coefficient (Wildman–Crippen LogP) is 2.04. The molecule has 0 aliphatic rings. The van der Waals surface area contributed by atoms with Gasteiger partial charge >= 0.3 is 0 Å². The van der Waals surface area contributed by atoms with Crippen LogP contribution in [0.2, 0.25) is 0 Å². The first-order valence-corrected chi connectivity index (χ1v) is 10.4. The smallest absolute Gasteiger partial charge is 0.243 e. The second-order valence-corrected chi connectivity index (χ2v) is 8.14. The maximum Gasteiger partial charge on any atom is 0.243 e. The molecule has 0 spiro atoms. The number of hydrogen-bond acceptors (Lipinski definition) is 6. The standard InChI is InChI=1S/C20H26N2O6S/c1-5-28-17-9-7-6-8-15(17)13-21-20(23)14-22(2)29(24,25)16-10-11-18(26-3)19(12-16)27-4/h6-12H,5,13-14H2,1-4H3,(H,21,23). The van der Waals surface area contributed by atoms with Crippen LogP contribution in [0.5, 0.6) is 17.2 Å². The van der Waals surface area contributed by atoms with Crippen molar-refractivity contribution in [1.82, 2.24) is 9.62 Å². The SMILES string of the molecule is CCOc1ccccc1CNC(=O)CN(C)S(=O)(=O)c1ccc(OC)c(OC)c1. The van der Waals surface area contributed by atoms with Crippen molar-refractivity contribution in [2.24, 2.45) is 0 Å². The predicted molar refractivity (Wildman–Crippen MR) is 109 cm³/mol. The number of methoxy groups -OCH3 is 2. The van der Waals surface area contributed by atoms with Crippen molar-refractivity contribution in [3.8, 4) is 17.2 Å². The van der Waals surface area contributed by atoms with Gasteiger partial charge in [0.1, 0.15) is 5.75 Å². The fraction of sp³-hybridized carbons (Fsp3) is 0.350. The minimum absolute atomic E-state index is 0.00661. The van der Waals surface area contributed by atoms with E-state index < -0.39 is 15.9 Å². The lowest BCUT2D eigenvalue weighted by Gasteiger charge is -2.18. The summed E-state index contributed by atoms with van der Waals surface area (Å²) in [4.78, 5) is 12.3. The summed E-state index contributed by atoms with van der Waals surface area (Å²) in [6.45, 7) is 2.30. The molecule has 2 rings (SSSR count). The van der Waals surface area contributed by atoms with Gasteiger partial charge < -0.3 is 19.5 Å². The van der Waals surface area contributed by atoms with E-state index in [0.29, 0.717) is 23.9 Å². The number of rotatable bonds is 10. The molecule has 0 unspecified atom stereocenters. The van der Waals surface area contributed by atoms with Crippen LogP contribution in [0, 0.1) is 0 Å². The number of para-hydroxylation sites is 1. The molecule has 0 bridgehead atoms. The van der Waals surface area contributed by atoms with Crippen molar-refractivity contribution in [2.45, 2.75) is 18.4 Å². The van der Waals surface area contributed by atoms with Crippen LogP contribution >= 0.6 is 0 Å². The molecule has 0 fully saturated rings. The molecule has 0 aromatic heterocycles. The molecular weight excluding hydrogens is 396 g/mol. The van der Waals surface area contributed by atoms with Crippen LogP contribution in [0.1, 0.15) is 12.5 Å².